The molecule has 0 aliphatic carbocycles. The topological polar surface area (TPSA) is 115 Å². The number of nitrogens with two attached hydrogens (primary N) is 1. The standard InChI is InChI=1S/C18H20N4O4/c1-20-18(24)13-7-9-14(10-8-13)21-17(23)12-26-22-16(19)11-25-15-5-3-2-4-6-15/h2-10H,11-12H2,1H3,(H2,19,22)(H,20,24)(H,21,23). The van der Waals surface area contributed by atoms with Crippen LogP contribution >= 0.6 is 0 Å². The fourth-order valence-corrected chi connectivity index (χ4v) is 1.92. The lowest BCUT2D eigenvalue weighted by atomic mass is 10.2. The fraction of sp³-hybridized carbons (Fsp3) is 0.167. The third kappa shape index (κ3) is 6.16. The summed E-state index contributed by atoms with van der Waals surface area (Å²) < 4.78 is 5.39. The van der Waals surface area contributed by atoms with Gasteiger partial charge in [-0.15, -0.1) is 0 Å². The first kappa shape index (κ1) is 18.8. The van der Waals surface area contributed by atoms with Crippen LogP contribution in [0.25, 0.3) is 0 Å². The number of carbonyl (C=O) groups is 2. The van der Waals surface area contributed by atoms with Gasteiger partial charge in [0.25, 0.3) is 11.8 Å². The summed E-state index contributed by atoms with van der Waals surface area (Å²) in [4.78, 5) is 28.1. The van der Waals surface area contributed by atoms with Crippen LogP contribution in [0.2, 0.25) is 0 Å². The Kier molecular flexibility index (Phi) is 6.99. The molecule has 0 saturated heterocycles. The van der Waals surface area contributed by atoms with Crippen molar-refractivity contribution < 1.29 is 19.2 Å². The molecule has 0 spiro atoms. The highest BCUT2D eigenvalue weighted by molar-refractivity contribution is 5.95. The number of amides is 2. The van der Waals surface area contributed by atoms with Gasteiger partial charge in [-0.2, -0.15) is 0 Å². The van der Waals surface area contributed by atoms with E-state index in [0.717, 1.165) is 0 Å². The number of hydrogen-bond acceptors (Lipinski definition) is 5. The summed E-state index contributed by atoms with van der Waals surface area (Å²) >= 11 is 0. The lowest BCUT2D eigenvalue weighted by Gasteiger charge is -2.07. The highest BCUT2D eigenvalue weighted by atomic mass is 16.6. The maximum atomic E-state index is 11.8. The van der Waals surface area contributed by atoms with Crippen molar-refractivity contribution in [2.75, 3.05) is 25.6 Å². The summed E-state index contributed by atoms with van der Waals surface area (Å²) in [7, 11) is 1.55. The summed E-state index contributed by atoms with van der Waals surface area (Å²) in [5.74, 6) is 0.159. The van der Waals surface area contributed by atoms with Crippen LogP contribution in [0.3, 0.4) is 0 Å². The van der Waals surface area contributed by atoms with Crippen LogP contribution in [0.5, 0.6) is 5.75 Å². The molecule has 0 unspecified atom stereocenters. The number of amidine groups is 1. The molecule has 0 fully saturated rings. The molecule has 8 nitrogen and oxygen atoms in total. The SMILES string of the molecule is CNC(=O)c1ccc(NC(=O)CON=C(N)COc2ccccc2)cc1. The molecule has 0 radical (unpaired) electrons. The van der Waals surface area contributed by atoms with Gasteiger partial charge in [0.1, 0.15) is 12.4 Å². The van der Waals surface area contributed by atoms with E-state index < -0.39 is 5.91 Å². The minimum atomic E-state index is -0.404. The smallest absolute Gasteiger partial charge is 0.265 e. The summed E-state index contributed by atoms with van der Waals surface area (Å²) in [5, 5.41) is 8.76. The highest BCUT2D eigenvalue weighted by Gasteiger charge is 2.06. The Morgan fingerprint density at radius 1 is 1.04 bits per heavy atom. The summed E-state index contributed by atoms with van der Waals surface area (Å²) in [6, 6.07) is 15.6. The van der Waals surface area contributed by atoms with Gasteiger partial charge in [-0.1, -0.05) is 23.4 Å². The molecule has 4 N–H and O–H groups in total. The number of nitrogens with zero attached hydrogens (tertiary/aromatic N) is 1. The average molecular weight is 356 g/mol. The van der Waals surface area contributed by atoms with E-state index in [0.29, 0.717) is 17.0 Å². The van der Waals surface area contributed by atoms with Gasteiger partial charge < -0.3 is 25.9 Å². The number of para-hydroxylation sites is 1. The molecule has 8 heteroatoms. The normalized spacial score (nSPS) is 10.7. The summed E-state index contributed by atoms with van der Waals surface area (Å²) in [6.45, 7) is -0.254. The lowest BCUT2D eigenvalue weighted by Crippen LogP contribution is -2.23. The summed E-state index contributed by atoms with van der Waals surface area (Å²) in [5.41, 5.74) is 6.68. The number of ether oxygens (including phenoxy) is 1. The van der Waals surface area contributed by atoms with E-state index in [4.69, 9.17) is 15.3 Å². The zero-order valence-corrected chi connectivity index (χ0v) is 14.3. The molecule has 0 bridgehead atoms. The Labute approximate surface area is 151 Å². The van der Waals surface area contributed by atoms with Crippen molar-refractivity contribution in [1.82, 2.24) is 5.32 Å². The number of rotatable bonds is 8. The number of nitrogens with one attached hydrogen (secondary N) is 2. The predicted octanol–water partition coefficient (Wildman–Crippen LogP) is 1.35. The number of oxime groups is 1. The van der Waals surface area contributed by atoms with Gasteiger partial charge in [0.15, 0.2) is 12.4 Å². The van der Waals surface area contributed by atoms with Crippen molar-refractivity contribution in [2.45, 2.75) is 0 Å². The van der Waals surface area contributed by atoms with Crippen LogP contribution in [0.4, 0.5) is 5.69 Å². The second kappa shape index (κ2) is 9.67. The van der Waals surface area contributed by atoms with Gasteiger partial charge in [0.2, 0.25) is 0 Å². The van der Waals surface area contributed by atoms with Gasteiger partial charge >= 0.3 is 0 Å². The number of hydrogen-bond donors (Lipinski definition) is 3. The Balaban J connectivity index is 1.73. The molecule has 0 aromatic heterocycles. The van der Waals surface area contributed by atoms with Gasteiger partial charge in [-0.05, 0) is 36.4 Å². The third-order valence-corrected chi connectivity index (χ3v) is 3.17. The van der Waals surface area contributed by atoms with E-state index in [1.807, 2.05) is 18.2 Å². The molecule has 2 aromatic rings. The second-order valence-corrected chi connectivity index (χ2v) is 5.16. The van der Waals surface area contributed by atoms with Crippen molar-refractivity contribution in [3.8, 4) is 5.75 Å². The molecule has 136 valence electrons. The van der Waals surface area contributed by atoms with E-state index in [9.17, 15) is 9.59 Å². The molecule has 0 heterocycles. The molecule has 0 aliphatic rings. The maximum absolute atomic E-state index is 11.8. The Morgan fingerprint density at radius 2 is 1.73 bits per heavy atom. The van der Waals surface area contributed by atoms with Crippen molar-refractivity contribution in [2.24, 2.45) is 10.9 Å². The largest absolute Gasteiger partial charge is 0.486 e. The monoisotopic (exact) mass is 356 g/mol. The quantitative estimate of drug-likeness (QED) is 0.375. The van der Waals surface area contributed by atoms with Crippen LogP contribution in [0.1, 0.15) is 10.4 Å². The second-order valence-electron chi connectivity index (χ2n) is 5.16. The first-order chi connectivity index (χ1) is 12.6. The van der Waals surface area contributed by atoms with E-state index in [1.165, 1.54) is 0 Å². The van der Waals surface area contributed by atoms with Gasteiger partial charge in [0, 0.05) is 18.3 Å². The van der Waals surface area contributed by atoms with E-state index in [1.54, 1.807) is 43.4 Å². The maximum Gasteiger partial charge on any atom is 0.265 e. The van der Waals surface area contributed by atoms with Crippen LogP contribution in [0, 0.1) is 0 Å². The first-order valence-electron chi connectivity index (χ1n) is 7.82. The molecule has 2 aromatic carbocycles. The molecule has 2 rings (SSSR count). The molecule has 0 atom stereocenters. The highest BCUT2D eigenvalue weighted by Crippen LogP contribution is 2.09. The predicted molar refractivity (Wildman–Crippen MR) is 98.0 cm³/mol. The van der Waals surface area contributed by atoms with Gasteiger partial charge in [-0.3, -0.25) is 9.59 Å². The van der Waals surface area contributed by atoms with Crippen molar-refractivity contribution in [1.29, 1.82) is 0 Å². The van der Waals surface area contributed by atoms with Crippen LogP contribution < -0.4 is 21.1 Å². The van der Waals surface area contributed by atoms with E-state index in [-0.39, 0.29) is 25.0 Å². The number of carbonyl (C=O) groups excluding carboxylic acids is 2. The van der Waals surface area contributed by atoms with Crippen LogP contribution in [-0.4, -0.2) is 37.9 Å². The van der Waals surface area contributed by atoms with Crippen LogP contribution in [0.15, 0.2) is 59.8 Å². The molecule has 26 heavy (non-hydrogen) atoms. The zero-order chi connectivity index (χ0) is 18.8. The first-order valence-corrected chi connectivity index (χ1v) is 7.82. The zero-order valence-electron chi connectivity index (χ0n) is 14.3. The Hall–Kier alpha value is -3.55. The van der Waals surface area contributed by atoms with Crippen molar-refractivity contribution >= 4 is 23.3 Å². The molecule has 2 amide bonds. The summed E-state index contributed by atoms with van der Waals surface area (Å²) in [6.07, 6.45) is 0. The van der Waals surface area contributed by atoms with Crippen LogP contribution in [-0.2, 0) is 9.63 Å². The lowest BCUT2D eigenvalue weighted by molar-refractivity contribution is -0.120. The van der Waals surface area contributed by atoms with E-state index in [2.05, 4.69) is 15.8 Å². The number of anilines is 1. The van der Waals surface area contributed by atoms with E-state index >= 15 is 0 Å². The minimum absolute atomic E-state index is 0.0482. The fourth-order valence-electron chi connectivity index (χ4n) is 1.92. The van der Waals surface area contributed by atoms with Crippen molar-refractivity contribution in [3.05, 3.63) is 60.2 Å². The Bertz CT molecular complexity index is 761. The Morgan fingerprint density at radius 3 is 2.38 bits per heavy atom. The van der Waals surface area contributed by atoms with Gasteiger partial charge in [0.05, 0.1) is 0 Å². The minimum Gasteiger partial charge on any atom is -0.486 e. The third-order valence-electron chi connectivity index (χ3n) is 3.17. The van der Waals surface area contributed by atoms with Gasteiger partial charge in [-0.25, -0.2) is 0 Å². The molecule has 0 saturated carbocycles. The van der Waals surface area contributed by atoms with Crippen molar-refractivity contribution in [3.63, 3.8) is 0 Å². The molecule has 0 aliphatic heterocycles. The number of benzene rings is 2. The molecular weight excluding hydrogens is 336 g/mol. The molecular formula is C18H20N4O4. The average Bonchev–Trinajstić information content (AvgIpc) is 2.67.